The topological polar surface area (TPSA) is 20.2 Å². The minimum Gasteiger partial charge on any atom is -0.384 e. The molecule has 1 nitrogen and oxygen atoms in total. The molecule has 0 saturated heterocycles. The molecule has 2 rings (SSSR count). The molecule has 0 amide bonds. The predicted octanol–water partition coefficient (Wildman–Crippen LogP) is 5.19. The van der Waals surface area contributed by atoms with Crippen molar-refractivity contribution < 1.29 is 9.50 Å². The second kappa shape index (κ2) is 5.82. The monoisotopic (exact) mass is 436 g/mol. The Hall–Kier alpha value is -0.230. The molecule has 18 heavy (non-hydrogen) atoms. The van der Waals surface area contributed by atoms with Gasteiger partial charge >= 0.3 is 0 Å². The van der Waals surface area contributed by atoms with Crippen molar-refractivity contribution >= 4 is 47.8 Å². The van der Waals surface area contributed by atoms with Crippen LogP contribution in [0.5, 0.6) is 0 Å². The summed E-state index contributed by atoms with van der Waals surface area (Å²) in [5.41, 5.74) is 0.864. The lowest BCUT2D eigenvalue weighted by molar-refractivity contribution is 0.214. The highest BCUT2D eigenvalue weighted by molar-refractivity contribution is 9.11. The maximum absolute atomic E-state index is 13.9. The van der Waals surface area contributed by atoms with Gasteiger partial charge in [-0.25, -0.2) is 4.39 Å². The van der Waals surface area contributed by atoms with Crippen molar-refractivity contribution in [1.29, 1.82) is 0 Å². The van der Waals surface area contributed by atoms with Crippen LogP contribution in [0.2, 0.25) is 0 Å². The first kappa shape index (κ1) is 14.2. The van der Waals surface area contributed by atoms with Crippen LogP contribution in [0.15, 0.2) is 49.8 Å². The van der Waals surface area contributed by atoms with Crippen molar-refractivity contribution in [2.24, 2.45) is 0 Å². The molecule has 94 valence electrons. The lowest BCUT2D eigenvalue weighted by atomic mass is 10.0. The summed E-state index contributed by atoms with van der Waals surface area (Å²) < 4.78 is 15.9. The fraction of sp³-hybridized carbons (Fsp3) is 0.0769. The van der Waals surface area contributed by atoms with Crippen molar-refractivity contribution in [1.82, 2.24) is 0 Å². The van der Waals surface area contributed by atoms with Gasteiger partial charge in [0.05, 0.1) is 4.47 Å². The van der Waals surface area contributed by atoms with E-state index in [0.29, 0.717) is 10.0 Å². The largest absolute Gasteiger partial charge is 0.384 e. The number of aliphatic hydroxyl groups excluding tert-OH is 1. The van der Waals surface area contributed by atoms with Crippen LogP contribution in [0.4, 0.5) is 4.39 Å². The van der Waals surface area contributed by atoms with E-state index in [2.05, 4.69) is 47.8 Å². The molecule has 0 radical (unpaired) electrons. The van der Waals surface area contributed by atoms with Gasteiger partial charge in [0.2, 0.25) is 0 Å². The lowest BCUT2D eigenvalue weighted by Crippen LogP contribution is -2.03. The molecule has 2 aromatic rings. The van der Waals surface area contributed by atoms with Crippen molar-refractivity contribution in [3.63, 3.8) is 0 Å². The molecule has 0 aliphatic rings. The third kappa shape index (κ3) is 3.02. The lowest BCUT2D eigenvalue weighted by Gasteiger charge is -2.14. The standard InChI is InChI=1S/C13H8Br3FO/c14-8-4-7(5-9(15)6-8)13(18)10-2-1-3-11(16)12(10)17/h1-6,13,18H. The molecule has 0 aliphatic heterocycles. The average molecular weight is 439 g/mol. The van der Waals surface area contributed by atoms with E-state index in [1.807, 2.05) is 6.07 Å². The maximum atomic E-state index is 13.9. The van der Waals surface area contributed by atoms with Gasteiger partial charge in [-0.2, -0.15) is 0 Å². The van der Waals surface area contributed by atoms with Crippen LogP contribution in [0.25, 0.3) is 0 Å². The van der Waals surface area contributed by atoms with Gasteiger partial charge < -0.3 is 5.11 Å². The molecule has 1 N–H and O–H groups in total. The summed E-state index contributed by atoms with van der Waals surface area (Å²) in [6, 6.07) is 10.2. The van der Waals surface area contributed by atoms with Gasteiger partial charge in [0.15, 0.2) is 0 Å². The van der Waals surface area contributed by atoms with Gasteiger partial charge in [0.1, 0.15) is 11.9 Å². The number of hydrogen-bond acceptors (Lipinski definition) is 1. The summed E-state index contributed by atoms with van der Waals surface area (Å²) in [7, 11) is 0. The summed E-state index contributed by atoms with van der Waals surface area (Å²) in [6.07, 6.45) is -1.00. The Morgan fingerprint density at radius 3 is 2.22 bits per heavy atom. The first-order valence-electron chi connectivity index (χ1n) is 5.07. The third-order valence-corrected chi connectivity index (χ3v) is 4.00. The van der Waals surface area contributed by atoms with E-state index in [4.69, 9.17) is 0 Å². The number of hydrogen-bond donors (Lipinski definition) is 1. The van der Waals surface area contributed by atoms with Crippen LogP contribution >= 0.6 is 47.8 Å². The van der Waals surface area contributed by atoms with Crippen LogP contribution in [-0.4, -0.2) is 5.11 Å². The fourth-order valence-electron chi connectivity index (χ4n) is 1.64. The van der Waals surface area contributed by atoms with Gasteiger partial charge in [-0.15, -0.1) is 0 Å². The van der Waals surface area contributed by atoms with Crippen molar-refractivity contribution in [2.45, 2.75) is 6.10 Å². The quantitative estimate of drug-likeness (QED) is 0.683. The molecule has 5 heteroatoms. The summed E-state index contributed by atoms with van der Waals surface area (Å²) in [4.78, 5) is 0. The smallest absolute Gasteiger partial charge is 0.143 e. The molecular weight excluding hydrogens is 431 g/mol. The van der Waals surface area contributed by atoms with E-state index in [1.54, 1.807) is 30.3 Å². The number of aliphatic hydroxyl groups is 1. The molecular formula is C13H8Br3FO. The molecule has 0 aliphatic carbocycles. The van der Waals surface area contributed by atoms with E-state index >= 15 is 0 Å². The van der Waals surface area contributed by atoms with Gasteiger partial charge in [0.25, 0.3) is 0 Å². The first-order chi connectivity index (χ1) is 8.49. The summed E-state index contributed by atoms with van der Waals surface area (Å²) in [6.45, 7) is 0. The summed E-state index contributed by atoms with van der Waals surface area (Å²) in [5, 5.41) is 10.2. The zero-order chi connectivity index (χ0) is 13.3. The maximum Gasteiger partial charge on any atom is 0.143 e. The van der Waals surface area contributed by atoms with E-state index in [1.165, 1.54) is 0 Å². The Morgan fingerprint density at radius 1 is 1.00 bits per heavy atom. The Labute approximate surface area is 129 Å². The number of rotatable bonds is 2. The zero-order valence-corrected chi connectivity index (χ0v) is 13.8. The molecule has 0 aromatic heterocycles. The van der Waals surface area contributed by atoms with Gasteiger partial charge in [-0.05, 0) is 45.8 Å². The van der Waals surface area contributed by atoms with Crippen molar-refractivity contribution in [3.05, 3.63) is 66.8 Å². The Kier molecular flexibility index (Phi) is 4.59. The second-order valence-corrected chi connectivity index (χ2v) is 6.43. The molecule has 2 aromatic carbocycles. The minimum atomic E-state index is -1.00. The Bertz CT molecular complexity index is 566. The predicted molar refractivity (Wildman–Crippen MR) is 80.0 cm³/mol. The van der Waals surface area contributed by atoms with Crippen molar-refractivity contribution in [3.8, 4) is 0 Å². The fourth-order valence-corrected chi connectivity index (χ4v) is 3.35. The normalized spacial score (nSPS) is 12.5. The van der Waals surface area contributed by atoms with Gasteiger partial charge in [-0.3, -0.25) is 0 Å². The molecule has 1 atom stereocenters. The van der Waals surface area contributed by atoms with E-state index in [9.17, 15) is 9.50 Å². The molecule has 0 bridgehead atoms. The van der Waals surface area contributed by atoms with E-state index in [0.717, 1.165) is 8.95 Å². The van der Waals surface area contributed by atoms with Crippen molar-refractivity contribution in [2.75, 3.05) is 0 Å². The average Bonchev–Trinajstić information content (AvgIpc) is 2.30. The number of halogens is 4. The van der Waals surface area contributed by atoms with E-state index < -0.39 is 11.9 Å². The third-order valence-electron chi connectivity index (χ3n) is 2.48. The van der Waals surface area contributed by atoms with Crippen LogP contribution in [-0.2, 0) is 0 Å². The second-order valence-electron chi connectivity index (χ2n) is 3.75. The molecule has 1 unspecified atom stereocenters. The van der Waals surface area contributed by atoms with Gasteiger partial charge in [0, 0.05) is 14.5 Å². The number of benzene rings is 2. The highest BCUT2D eigenvalue weighted by Gasteiger charge is 2.17. The van der Waals surface area contributed by atoms with Crippen LogP contribution in [0.3, 0.4) is 0 Å². The SMILES string of the molecule is OC(c1cc(Br)cc(Br)c1)c1cccc(Br)c1F. The highest BCUT2D eigenvalue weighted by atomic mass is 79.9. The molecule has 0 fully saturated rings. The van der Waals surface area contributed by atoms with Crippen LogP contribution in [0.1, 0.15) is 17.2 Å². The minimum absolute atomic E-state index is 0.245. The first-order valence-corrected chi connectivity index (χ1v) is 7.45. The highest BCUT2D eigenvalue weighted by Crippen LogP contribution is 2.31. The Morgan fingerprint density at radius 2 is 1.61 bits per heavy atom. The van der Waals surface area contributed by atoms with Crippen LogP contribution < -0.4 is 0 Å². The molecule has 0 spiro atoms. The Balaban J connectivity index is 2.47. The van der Waals surface area contributed by atoms with Crippen LogP contribution in [0, 0.1) is 5.82 Å². The zero-order valence-electron chi connectivity index (χ0n) is 9.00. The summed E-state index contributed by atoms with van der Waals surface area (Å²) in [5.74, 6) is -0.443. The molecule has 0 saturated carbocycles. The summed E-state index contributed by atoms with van der Waals surface area (Å²) >= 11 is 9.80. The van der Waals surface area contributed by atoms with Gasteiger partial charge in [-0.1, -0.05) is 44.0 Å². The molecule has 0 heterocycles. The van der Waals surface area contributed by atoms with E-state index in [-0.39, 0.29) is 5.56 Å².